The summed E-state index contributed by atoms with van der Waals surface area (Å²) in [5.74, 6) is -0.0989. The third-order valence-corrected chi connectivity index (χ3v) is 8.48. The number of piperidine rings is 1. The van der Waals surface area contributed by atoms with Crippen LogP contribution in [0.15, 0.2) is 53.4 Å². The van der Waals surface area contributed by atoms with Gasteiger partial charge in [0.15, 0.2) is 5.78 Å². The van der Waals surface area contributed by atoms with E-state index >= 15 is 0 Å². The van der Waals surface area contributed by atoms with Crippen LogP contribution in [0, 0.1) is 11.8 Å². The third-order valence-electron chi connectivity index (χ3n) is 6.57. The van der Waals surface area contributed by atoms with Gasteiger partial charge in [0, 0.05) is 24.6 Å². The van der Waals surface area contributed by atoms with Crippen LogP contribution in [0.2, 0.25) is 0 Å². The average molecular weight is 485 g/mol. The average Bonchev–Trinajstić information content (AvgIpc) is 2.83. The summed E-state index contributed by atoms with van der Waals surface area (Å²) in [6, 6.07) is 14.4. The molecule has 0 saturated carbocycles. The van der Waals surface area contributed by atoms with Crippen molar-refractivity contribution >= 4 is 21.7 Å². The van der Waals surface area contributed by atoms with Crippen molar-refractivity contribution in [3.05, 3.63) is 65.2 Å². The molecule has 1 aliphatic rings. The molecule has 1 unspecified atom stereocenters. The monoisotopic (exact) mass is 484 g/mol. The number of hydrogen-bond donors (Lipinski definition) is 1. The van der Waals surface area contributed by atoms with Gasteiger partial charge in [-0.1, -0.05) is 63.6 Å². The van der Waals surface area contributed by atoms with Gasteiger partial charge in [0.25, 0.3) is 0 Å². The van der Waals surface area contributed by atoms with Crippen molar-refractivity contribution in [2.45, 2.75) is 64.3 Å². The van der Waals surface area contributed by atoms with Crippen molar-refractivity contribution in [2.75, 3.05) is 13.1 Å². The molecule has 0 spiro atoms. The molecule has 1 atom stereocenters. The van der Waals surface area contributed by atoms with Crippen molar-refractivity contribution in [3.63, 3.8) is 0 Å². The molecule has 2 aromatic carbocycles. The van der Waals surface area contributed by atoms with Crippen molar-refractivity contribution < 1.29 is 18.0 Å². The van der Waals surface area contributed by atoms with Crippen molar-refractivity contribution in [2.24, 2.45) is 11.8 Å². The maximum absolute atomic E-state index is 13.1. The van der Waals surface area contributed by atoms with E-state index in [1.54, 1.807) is 0 Å². The predicted molar refractivity (Wildman–Crippen MR) is 134 cm³/mol. The molecule has 1 N–H and O–H groups in total. The lowest BCUT2D eigenvalue weighted by molar-refractivity contribution is -0.127. The van der Waals surface area contributed by atoms with Gasteiger partial charge in [-0.2, -0.15) is 4.31 Å². The molecule has 0 bridgehead atoms. The SMILES string of the molecule is CCCc1ccc(C(NC(=O)C2CCN(S(=O)(=O)c3ccc(C(C)=O)cc3)CC2)C(C)C)cc1. The Morgan fingerprint density at radius 2 is 1.59 bits per heavy atom. The molecule has 184 valence electrons. The van der Waals surface area contributed by atoms with Crippen LogP contribution >= 0.6 is 0 Å². The second-order valence-electron chi connectivity index (χ2n) is 9.48. The molecular weight excluding hydrogens is 448 g/mol. The second-order valence-corrected chi connectivity index (χ2v) is 11.4. The number of sulfonamides is 1. The van der Waals surface area contributed by atoms with Gasteiger partial charge in [0.05, 0.1) is 10.9 Å². The smallest absolute Gasteiger partial charge is 0.243 e. The summed E-state index contributed by atoms with van der Waals surface area (Å²) in [5.41, 5.74) is 2.87. The zero-order chi connectivity index (χ0) is 24.9. The summed E-state index contributed by atoms with van der Waals surface area (Å²) in [7, 11) is -3.65. The maximum atomic E-state index is 13.1. The van der Waals surface area contributed by atoms with Crippen LogP contribution in [0.4, 0.5) is 0 Å². The number of rotatable bonds is 9. The number of nitrogens with zero attached hydrogens (tertiary/aromatic N) is 1. The highest BCUT2D eigenvalue weighted by Crippen LogP contribution is 2.27. The molecule has 2 aromatic rings. The fourth-order valence-electron chi connectivity index (χ4n) is 4.46. The van der Waals surface area contributed by atoms with Crippen LogP contribution in [-0.4, -0.2) is 37.5 Å². The molecule has 0 aliphatic carbocycles. The number of Topliss-reactive ketones (excluding diaryl/α,β-unsaturated/α-hetero) is 1. The standard InChI is InChI=1S/C27H36N2O4S/c1-5-6-21-7-9-23(10-8-21)26(19(2)3)28-27(31)24-15-17-29(18-16-24)34(32,33)25-13-11-22(12-14-25)20(4)30/h7-14,19,24,26H,5-6,15-18H2,1-4H3,(H,28,31). The first kappa shape index (κ1) is 26.1. The van der Waals surface area contributed by atoms with Gasteiger partial charge >= 0.3 is 0 Å². The lowest BCUT2D eigenvalue weighted by Gasteiger charge is -2.32. The van der Waals surface area contributed by atoms with Crippen LogP contribution in [0.25, 0.3) is 0 Å². The lowest BCUT2D eigenvalue weighted by Crippen LogP contribution is -2.44. The Balaban J connectivity index is 1.62. The Hall–Kier alpha value is -2.51. The number of carbonyl (C=O) groups excluding carboxylic acids is 2. The summed E-state index contributed by atoms with van der Waals surface area (Å²) in [6.45, 7) is 8.39. The fourth-order valence-corrected chi connectivity index (χ4v) is 5.93. The summed E-state index contributed by atoms with van der Waals surface area (Å²) in [4.78, 5) is 24.7. The molecule has 7 heteroatoms. The number of amides is 1. The quantitative estimate of drug-likeness (QED) is 0.521. The van der Waals surface area contributed by atoms with E-state index in [2.05, 4.69) is 50.4 Å². The van der Waals surface area contributed by atoms with E-state index in [9.17, 15) is 18.0 Å². The highest BCUT2D eigenvalue weighted by Gasteiger charge is 2.33. The van der Waals surface area contributed by atoms with Crippen LogP contribution in [0.5, 0.6) is 0 Å². The first-order valence-electron chi connectivity index (χ1n) is 12.1. The maximum Gasteiger partial charge on any atom is 0.243 e. The highest BCUT2D eigenvalue weighted by atomic mass is 32.2. The Bertz CT molecular complexity index is 1080. The van der Waals surface area contributed by atoms with E-state index in [-0.39, 0.29) is 34.5 Å². The molecule has 3 rings (SSSR count). The Labute approximate surface area is 203 Å². The molecular formula is C27H36N2O4S. The van der Waals surface area contributed by atoms with Gasteiger partial charge in [0.2, 0.25) is 15.9 Å². The van der Waals surface area contributed by atoms with Gasteiger partial charge < -0.3 is 5.32 Å². The normalized spacial score (nSPS) is 16.4. The van der Waals surface area contributed by atoms with Crippen molar-refractivity contribution in [1.82, 2.24) is 9.62 Å². The second kappa shape index (κ2) is 11.3. The van der Waals surface area contributed by atoms with E-state index in [0.717, 1.165) is 18.4 Å². The lowest BCUT2D eigenvalue weighted by atomic mass is 9.92. The Kier molecular flexibility index (Phi) is 8.66. The van der Waals surface area contributed by atoms with Crippen LogP contribution in [-0.2, 0) is 21.2 Å². The van der Waals surface area contributed by atoms with E-state index in [4.69, 9.17) is 0 Å². The minimum Gasteiger partial charge on any atom is -0.349 e. The Morgan fingerprint density at radius 3 is 2.09 bits per heavy atom. The van der Waals surface area contributed by atoms with Crippen LogP contribution < -0.4 is 5.32 Å². The number of benzene rings is 2. The topological polar surface area (TPSA) is 83.6 Å². The first-order valence-corrected chi connectivity index (χ1v) is 13.6. The number of ketones is 1. The molecule has 6 nitrogen and oxygen atoms in total. The zero-order valence-electron chi connectivity index (χ0n) is 20.6. The molecule has 1 fully saturated rings. The van der Waals surface area contributed by atoms with E-state index in [1.165, 1.54) is 41.1 Å². The molecule has 1 amide bonds. The van der Waals surface area contributed by atoms with E-state index < -0.39 is 10.0 Å². The minimum atomic E-state index is -3.65. The van der Waals surface area contributed by atoms with Gasteiger partial charge in [-0.25, -0.2) is 8.42 Å². The number of carbonyl (C=O) groups is 2. The number of aryl methyl sites for hydroxylation is 1. The highest BCUT2D eigenvalue weighted by molar-refractivity contribution is 7.89. The van der Waals surface area contributed by atoms with Gasteiger partial charge in [-0.3, -0.25) is 9.59 Å². The largest absolute Gasteiger partial charge is 0.349 e. The fraction of sp³-hybridized carbons (Fsp3) is 0.481. The first-order chi connectivity index (χ1) is 16.1. The van der Waals surface area contributed by atoms with Gasteiger partial charge in [0.1, 0.15) is 0 Å². The predicted octanol–water partition coefficient (Wildman–Crippen LogP) is 4.76. The van der Waals surface area contributed by atoms with Crippen molar-refractivity contribution in [3.8, 4) is 0 Å². The van der Waals surface area contributed by atoms with E-state index in [0.29, 0.717) is 31.5 Å². The third kappa shape index (κ3) is 6.13. The number of hydrogen-bond acceptors (Lipinski definition) is 4. The van der Waals surface area contributed by atoms with Crippen LogP contribution in [0.3, 0.4) is 0 Å². The molecule has 34 heavy (non-hydrogen) atoms. The van der Waals surface area contributed by atoms with Gasteiger partial charge in [-0.05, 0) is 55.4 Å². The Morgan fingerprint density at radius 1 is 1.00 bits per heavy atom. The summed E-state index contributed by atoms with van der Waals surface area (Å²) in [5, 5.41) is 3.22. The molecule has 1 aliphatic heterocycles. The molecule has 0 aromatic heterocycles. The minimum absolute atomic E-state index is 0.0146. The number of nitrogens with one attached hydrogen (secondary N) is 1. The molecule has 1 saturated heterocycles. The summed E-state index contributed by atoms with van der Waals surface area (Å²) in [6.07, 6.45) is 3.11. The molecule has 1 heterocycles. The summed E-state index contributed by atoms with van der Waals surface area (Å²) >= 11 is 0. The molecule has 0 radical (unpaired) electrons. The van der Waals surface area contributed by atoms with Gasteiger partial charge in [-0.15, -0.1) is 0 Å². The summed E-state index contributed by atoms with van der Waals surface area (Å²) < 4.78 is 27.5. The van der Waals surface area contributed by atoms with E-state index in [1.807, 2.05) is 0 Å². The van der Waals surface area contributed by atoms with Crippen molar-refractivity contribution in [1.29, 1.82) is 0 Å². The zero-order valence-corrected chi connectivity index (χ0v) is 21.4. The van der Waals surface area contributed by atoms with Crippen LogP contribution in [0.1, 0.15) is 74.5 Å².